The van der Waals surface area contributed by atoms with Gasteiger partial charge in [0.05, 0.1) is 18.3 Å². The minimum absolute atomic E-state index is 0.0378. The number of hydrogen-bond acceptors (Lipinski definition) is 6. The molecule has 2 heterocycles. The molecule has 7 atom stereocenters. The van der Waals surface area contributed by atoms with E-state index in [9.17, 15) is 9.90 Å². The van der Waals surface area contributed by atoms with Crippen LogP contribution in [0.2, 0.25) is 0 Å². The Bertz CT molecular complexity index is 863. The van der Waals surface area contributed by atoms with Gasteiger partial charge in [-0.3, -0.25) is 4.79 Å². The Morgan fingerprint density at radius 1 is 0.975 bits per heavy atom. The highest BCUT2D eigenvalue weighted by Gasteiger charge is 2.43. The van der Waals surface area contributed by atoms with Crippen LogP contribution in [0.1, 0.15) is 95.5 Å². The van der Waals surface area contributed by atoms with E-state index in [1.807, 2.05) is 0 Å². The fourth-order valence-electron chi connectivity index (χ4n) is 6.46. The molecule has 1 aromatic rings. The maximum atomic E-state index is 11.1. The Balaban J connectivity index is 1.39. The number of rotatable bonds is 16. The monoisotopic (exact) mass is 558 g/mol. The number of carboxylic acid groups (broad SMARTS) is 1. The summed E-state index contributed by atoms with van der Waals surface area (Å²) in [5, 5.41) is 20.0. The van der Waals surface area contributed by atoms with Crippen molar-refractivity contribution in [3.63, 3.8) is 0 Å². The van der Waals surface area contributed by atoms with Crippen LogP contribution < -0.4 is 0 Å². The van der Waals surface area contributed by atoms with Crippen molar-refractivity contribution >= 4 is 5.97 Å². The van der Waals surface area contributed by atoms with Crippen molar-refractivity contribution in [3.8, 4) is 0 Å². The Kier molecular flexibility index (Phi) is 13.4. The molecule has 0 bridgehead atoms. The predicted molar refractivity (Wildman–Crippen MR) is 154 cm³/mol. The number of unbranched alkanes of at least 4 members (excludes halogenated alkanes) is 1. The highest BCUT2D eigenvalue weighted by Crippen LogP contribution is 2.41. The SMILES string of the molecule is O=C(O)CCC/C=C\C[C@@H]1[C@@H](CC[C@H](CCc2ccccc2)OC2CCCCO2)[C@H](OC2CCCCO2)C[C@@H]1O. The molecule has 2 aliphatic heterocycles. The molecule has 0 aromatic heterocycles. The number of ether oxygens (including phenoxy) is 4. The molecule has 7 heteroatoms. The zero-order chi connectivity index (χ0) is 28.0. The number of benzene rings is 1. The van der Waals surface area contributed by atoms with Crippen LogP contribution in [-0.4, -0.2) is 60.3 Å². The molecular weight excluding hydrogens is 508 g/mol. The maximum Gasteiger partial charge on any atom is 0.303 e. The normalized spacial score (nSPS) is 30.0. The molecular formula is C33H50O7. The molecule has 1 aliphatic carbocycles. The molecule has 0 amide bonds. The molecule has 3 aliphatic rings. The molecule has 2 unspecified atom stereocenters. The van der Waals surface area contributed by atoms with Gasteiger partial charge in [-0.1, -0.05) is 42.5 Å². The Hall–Kier alpha value is -1.77. The van der Waals surface area contributed by atoms with E-state index in [-0.39, 0.29) is 43.0 Å². The number of aliphatic hydroxyl groups excluding tert-OH is 1. The number of aliphatic hydroxyl groups is 1. The number of hydrogen-bond donors (Lipinski definition) is 2. The lowest BCUT2D eigenvalue weighted by atomic mass is 9.85. The van der Waals surface area contributed by atoms with E-state index in [4.69, 9.17) is 24.1 Å². The Morgan fingerprint density at radius 3 is 2.42 bits per heavy atom. The summed E-state index contributed by atoms with van der Waals surface area (Å²) in [4.78, 5) is 10.8. The van der Waals surface area contributed by atoms with Gasteiger partial charge in [0.1, 0.15) is 0 Å². The smallest absolute Gasteiger partial charge is 0.303 e. The zero-order valence-electron chi connectivity index (χ0n) is 24.0. The van der Waals surface area contributed by atoms with Crippen LogP contribution in [-0.2, 0) is 30.2 Å². The summed E-state index contributed by atoms with van der Waals surface area (Å²) in [5.41, 5.74) is 1.32. The first-order valence-electron chi connectivity index (χ1n) is 15.7. The largest absolute Gasteiger partial charge is 0.481 e. The second-order valence-electron chi connectivity index (χ2n) is 11.8. The van der Waals surface area contributed by atoms with E-state index < -0.39 is 12.1 Å². The molecule has 2 saturated heterocycles. The fraction of sp³-hybridized carbons (Fsp3) is 0.727. The lowest BCUT2D eigenvalue weighted by Crippen LogP contribution is -2.33. The lowest BCUT2D eigenvalue weighted by molar-refractivity contribution is -0.200. The minimum atomic E-state index is -0.757. The molecule has 224 valence electrons. The third-order valence-electron chi connectivity index (χ3n) is 8.70. The van der Waals surface area contributed by atoms with Gasteiger partial charge in [0.25, 0.3) is 0 Å². The molecule has 0 spiro atoms. The van der Waals surface area contributed by atoms with Crippen LogP contribution in [0, 0.1) is 11.8 Å². The van der Waals surface area contributed by atoms with Gasteiger partial charge in [-0.05, 0) is 101 Å². The van der Waals surface area contributed by atoms with E-state index in [1.165, 1.54) is 5.56 Å². The fourth-order valence-corrected chi connectivity index (χ4v) is 6.46. The molecule has 4 rings (SSSR count). The first-order chi connectivity index (χ1) is 19.6. The molecule has 0 radical (unpaired) electrons. The van der Waals surface area contributed by atoms with Crippen molar-refractivity contribution in [2.45, 2.75) is 127 Å². The van der Waals surface area contributed by atoms with Crippen LogP contribution in [0.4, 0.5) is 0 Å². The molecule has 1 saturated carbocycles. The van der Waals surface area contributed by atoms with E-state index >= 15 is 0 Å². The third-order valence-corrected chi connectivity index (χ3v) is 8.70. The topological polar surface area (TPSA) is 94.5 Å². The lowest BCUT2D eigenvalue weighted by Gasteiger charge is -2.32. The Labute approximate surface area is 240 Å². The van der Waals surface area contributed by atoms with Crippen molar-refractivity contribution in [2.75, 3.05) is 13.2 Å². The average Bonchev–Trinajstić information content (AvgIpc) is 3.26. The second kappa shape index (κ2) is 17.2. The van der Waals surface area contributed by atoms with Crippen molar-refractivity contribution in [1.82, 2.24) is 0 Å². The van der Waals surface area contributed by atoms with Crippen LogP contribution in [0.5, 0.6) is 0 Å². The molecule has 1 aromatic carbocycles. The van der Waals surface area contributed by atoms with Gasteiger partial charge in [-0.25, -0.2) is 0 Å². The number of carbonyl (C=O) groups is 1. The molecule has 40 heavy (non-hydrogen) atoms. The highest BCUT2D eigenvalue weighted by molar-refractivity contribution is 5.66. The predicted octanol–water partition coefficient (Wildman–Crippen LogP) is 6.42. The molecule has 2 N–H and O–H groups in total. The first kappa shape index (κ1) is 31.2. The van der Waals surface area contributed by atoms with Gasteiger partial charge < -0.3 is 29.2 Å². The quantitative estimate of drug-likeness (QED) is 0.179. The number of aliphatic carboxylic acids is 1. The number of allylic oxidation sites excluding steroid dienone is 2. The molecule has 7 nitrogen and oxygen atoms in total. The summed E-state index contributed by atoms with van der Waals surface area (Å²) < 4.78 is 24.9. The van der Waals surface area contributed by atoms with Crippen molar-refractivity contribution in [2.24, 2.45) is 11.8 Å². The van der Waals surface area contributed by atoms with Crippen LogP contribution in [0.15, 0.2) is 42.5 Å². The van der Waals surface area contributed by atoms with Gasteiger partial charge >= 0.3 is 5.97 Å². The van der Waals surface area contributed by atoms with E-state index in [1.54, 1.807) is 0 Å². The summed E-state index contributed by atoms with van der Waals surface area (Å²) >= 11 is 0. The van der Waals surface area contributed by atoms with E-state index in [0.29, 0.717) is 12.8 Å². The molecule has 3 fully saturated rings. The standard InChI is InChI=1S/C33H50O7/c34-29-24-30(40-33-17-9-11-23-38-33)28(27(29)14-6-1-2-7-15-31(35)36)21-20-26(39-32-16-8-10-22-37-32)19-18-25-12-4-3-5-13-25/h1,3-6,12-13,26-30,32-34H,2,7-11,14-24H2,(H,35,36)/b6-1-/t26-,27+,28+,29-,30+,32?,33?/m0/s1. The summed E-state index contributed by atoms with van der Waals surface area (Å²) in [5.74, 6) is -0.448. The van der Waals surface area contributed by atoms with Crippen molar-refractivity contribution < 1.29 is 34.0 Å². The average molecular weight is 559 g/mol. The summed E-state index contributed by atoms with van der Waals surface area (Å²) in [6, 6.07) is 10.6. The minimum Gasteiger partial charge on any atom is -0.481 e. The van der Waals surface area contributed by atoms with E-state index in [2.05, 4.69) is 42.5 Å². The Morgan fingerprint density at radius 2 is 1.73 bits per heavy atom. The van der Waals surface area contributed by atoms with Gasteiger partial charge in [0.15, 0.2) is 12.6 Å². The van der Waals surface area contributed by atoms with Crippen molar-refractivity contribution in [1.29, 1.82) is 0 Å². The van der Waals surface area contributed by atoms with Gasteiger partial charge in [0.2, 0.25) is 0 Å². The van der Waals surface area contributed by atoms with Gasteiger partial charge in [-0.15, -0.1) is 0 Å². The van der Waals surface area contributed by atoms with Crippen LogP contribution in [0.25, 0.3) is 0 Å². The summed E-state index contributed by atoms with van der Waals surface area (Å²) in [7, 11) is 0. The number of carboxylic acids is 1. The van der Waals surface area contributed by atoms with Crippen LogP contribution in [0.3, 0.4) is 0 Å². The highest BCUT2D eigenvalue weighted by atomic mass is 16.7. The number of aryl methyl sites for hydroxylation is 1. The van der Waals surface area contributed by atoms with Crippen LogP contribution >= 0.6 is 0 Å². The van der Waals surface area contributed by atoms with Crippen molar-refractivity contribution in [3.05, 3.63) is 48.0 Å². The third kappa shape index (κ3) is 10.6. The second-order valence-corrected chi connectivity index (χ2v) is 11.8. The van der Waals surface area contributed by atoms with Gasteiger partial charge in [-0.2, -0.15) is 0 Å². The van der Waals surface area contributed by atoms with Gasteiger partial charge in [0, 0.05) is 26.1 Å². The maximum absolute atomic E-state index is 11.1. The summed E-state index contributed by atoms with van der Waals surface area (Å²) in [6.45, 7) is 1.51. The first-order valence-corrected chi connectivity index (χ1v) is 15.7. The zero-order valence-corrected chi connectivity index (χ0v) is 24.0. The van der Waals surface area contributed by atoms with E-state index in [0.717, 1.165) is 90.3 Å². The summed E-state index contributed by atoms with van der Waals surface area (Å²) in [6.07, 6.45) is 16.5.